The first-order chi connectivity index (χ1) is 19.1. The van der Waals surface area contributed by atoms with Crippen LogP contribution in [0.15, 0.2) is 51.6 Å². The largest absolute Gasteiger partial charge is 0.480 e. The smallest absolute Gasteiger partial charge is 0.352 e. The Hall–Kier alpha value is -3.89. The van der Waals surface area contributed by atoms with Crippen LogP contribution in [0, 0.1) is 0 Å². The van der Waals surface area contributed by atoms with Crippen molar-refractivity contribution in [1.29, 1.82) is 0 Å². The third-order valence-corrected chi connectivity index (χ3v) is 8.35. The highest BCUT2D eigenvalue weighted by atomic mass is 32.2. The van der Waals surface area contributed by atoms with E-state index in [1.54, 1.807) is 0 Å². The molecule has 1 aromatic carbocycles. The zero-order valence-corrected chi connectivity index (χ0v) is 22.8. The number of esters is 1. The lowest BCUT2D eigenvalue weighted by Gasteiger charge is -2.56. The van der Waals surface area contributed by atoms with Gasteiger partial charge in [-0.3, -0.25) is 24.1 Å². The summed E-state index contributed by atoms with van der Waals surface area (Å²) in [5, 5.41) is 28.7. The van der Waals surface area contributed by atoms with Crippen molar-refractivity contribution in [3.05, 3.63) is 47.5 Å². The molecule has 212 valence electrons. The minimum atomic E-state index is -1.99. The highest BCUT2D eigenvalue weighted by Crippen LogP contribution is 2.47. The van der Waals surface area contributed by atoms with Gasteiger partial charge in [0, 0.05) is 25.0 Å². The number of aromatic nitrogens is 2. The van der Waals surface area contributed by atoms with Crippen molar-refractivity contribution in [2.75, 3.05) is 18.6 Å². The maximum atomic E-state index is 13.3. The molecule has 2 aliphatic heterocycles. The molecule has 0 radical (unpaired) electrons. The molecule has 0 spiro atoms. The Labute approximate surface area is 235 Å². The fourth-order valence-electron chi connectivity index (χ4n) is 4.21. The number of rotatable bonds is 12. The van der Waals surface area contributed by atoms with Gasteiger partial charge in [0.15, 0.2) is 5.92 Å². The van der Waals surface area contributed by atoms with E-state index in [0.29, 0.717) is 12.0 Å². The Balaban J connectivity index is 1.53. The van der Waals surface area contributed by atoms with Gasteiger partial charge >= 0.3 is 17.9 Å². The lowest BCUT2D eigenvalue weighted by molar-refractivity contribution is -0.193. The molecular formula is C24H24N4O10S2. The number of carbonyl (C=O) groups is 5. The highest BCUT2D eigenvalue weighted by Gasteiger charge is 2.67. The number of carbonyl (C=O) groups excluding carboxylic acids is 3. The molecule has 2 aromatic rings. The van der Waals surface area contributed by atoms with Crippen molar-refractivity contribution < 1.29 is 48.1 Å². The Morgan fingerprint density at radius 2 is 2.00 bits per heavy atom. The average Bonchev–Trinajstić information content (AvgIpc) is 3.44. The number of carboxylic acids is 2. The monoisotopic (exact) mass is 592 g/mol. The Morgan fingerprint density at radius 1 is 1.27 bits per heavy atom. The van der Waals surface area contributed by atoms with E-state index in [2.05, 4.69) is 15.5 Å². The highest BCUT2D eigenvalue weighted by molar-refractivity contribution is 8.01. The zero-order chi connectivity index (χ0) is 29.0. The summed E-state index contributed by atoms with van der Waals surface area (Å²) < 4.78 is 15.6. The Morgan fingerprint density at radius 3 is 2.58 bits per heavy atom. The molecule has 4 rings (SSSR count). The molecule has 3 heterocycles. The number of ether oxygens (including phenoxy) is 2. The van der Waals surface area contributed by atoms with Crippen LogP contribution in [0.25, 0.3) is 0 Å². The zero-order valence-electron chi connectivity index (χ0n) is 21.2. The number of amides is 2. The number of thioether (sulfide) groups is 2. The molecule has 1 saturated heterocycles. The van der Waals surface area contributed by atoms with Crippen LogP contribution >= 0.6 is 23.5 Å². The Bertz CT molecular complexity index is 1350. The van der Waals surface area contributed by atoms with E-state index in [-0.39, 0.29) is 40.2 Å². The molecule has 16 heteroatoms. The van der Waals surface area contributed by atoms with Crippen molar-refractivity contribution >= 4 is 53.2 Å². The molecule has 0 saturated carbocycles. The molecule has 40 heavy (non-hydrogen) atoms. The SMILES string of the molecule is CCCC(=O)Oc1ccc(C(C(=O)O)C(=O)N[C@]2(OC)C(=O)N3C(C(=O)O)=C(CSc4nnco4)CS[C@H]32)cc1. The van der Waals surface area contributed by atoms with E-state index < -0.39 is 46.7 Å². The predicted molar refractivity (Wildman–Crippen MR) is 138 cm³/mol. The van der Waals surface area contributed by atoms with E-state index in [0.717, 1.165) is 41.9 Å². The van der Waals surface area contributed by atoms with Gasteiger partial charge in [-0.2, -0.15) is 0 Å². The average molecular weight is 593 g/mol. The number of benzene rings is 1. The van der Waals surface area contributed by atoms with Crippen molar-refractivity contribution in [3.8, 4) is 5.75 Å². The summed E-state index contributed by atoms with van der Waals surface area (Å²) in [5.74, 6) is -6.41. The van der Waals surface area contributed by atoms with Gasteiger partial charge in [-0.25, -0.2) is 4.79 Å². The summed E-state index contributed by atoms with van der Waals surface area (Å²) in [7, 11) is 1.16. The van der Waals surface area contributed by atoms with Crippen LogP contribution < -0.4 is 10.1 Å². The van der Waals surface area contributed by atoms with Crippen LogP contribution in [-0.2, 0) is 28.7 Å². The van der Waals surface area contributed by atoms with Crippen LogP contribution in [0.4, 0.5) is 0 Å². The van der Waals surface area contributed by atoms with Crippen LogP contribution in [0.2, 0.25) is 0 Å². The summed E-state index contributed by atoms with van der Waals surface area (Å²) in [6, 6.07) is 5.39. The van der Waals surface area contributed by atoms with Gasteiger partial charge in [0.25, 0.3) is 16.9 Å². The summed E-state index contributed by atoms with van der Waals surface area (Å²) in [6.45, 7) is 1.82. The first-order valence-corrected chi connectivity index (χ1v) is 13.9. The standard InChI is InChI=1S/C24H24N4O10S2/c1-3-4-15(29)38-14-7-5-12(6-8-14)16(19(31)32)18(30)26-24(36-2)21(35)28-17(20(33)34)13(9-39-22(24)28)10-40-23-27-25-11-37-23/h5-8,11,16,22H,3-4,9-10H2,1-2H3,(H,26,30)(H,31,32)(H,33,34)/t16?,22-,24-/m0/s1. The normalized spacial score (nSPS) is 20.8. The minimum Gasteiger partial charge on any atom is -0.480 e. The molecule has 2 amide bonds. The molecule has 3 atom stereocenters. The number of hydrogen-bond donors (Lipinski definition) is 3. The van der Waals surface area contributed by atoms with Gasteiger partial charge in [-0.05, 0) is 29.7 Å². The van der Waals surface area contributed by atoms with Crippen molar-refractivity contribution in [1.82, 2.24) is 20.4 Å². The van der Waals surface area contributed by atoms with Gasteiger partial charge in [0.2, 0.25) is 12.3 Å². The molecule has 0 aliphatic carbocycles. The van der Waals surface area contributed by atoms with E-state index in [1.165, 1.54) is 24.3 Å². The van der Waals surface area contributed by atoms with Crippen molar-refractivity contribution in [2.45, 2.75) is 42.0 Å². The molecule has 0 bridgehead atoms. The summed E-state index contributed by atoms with van der Waals surface area (Å²) in [5.41, 5.74) is -1.76. The first-order valence-electron chi connectivity index (χ1n) is 11.8. The quantitative estimate of drug-likeness (QED) is 0.0799. The molecule has 1 aromatic heterocycles. The van der Waals surface area contributed by atoms with Gasteiger partial charge in [-0.1, -0.05) is 30.8 Å². The molecule has 3 N–H and O–H groups in total. The van der Waals surface area contributed by atoms with E-state index in [1.807, 2.05) is 6.92 Å². The van der Waals surface area contributed by atoms with Crippen LogP contribution in [-0.4, -0.2) is 84.7 Å². The van der Waals surface area contributed by atoms with Crippen LogP contribution in [0.5, 0.6) is 5.75 Å². The van der Waals surface area contributed by atoms with Crippen LogP contribution in [0.1, 0.15) is 31.2 Å². The van der Waals surface area contributed by atoms with E-state index in [9.17, 15) is 34.2 Å². The Kier molecular flexibility index (Phi) is 8.80. The lowest BCUT2D eigenvalue weighted by Crippen LogP contribution is -2.81. The maximum Gasteiger partial charge on any atom is 0.352 e. The van der Waals surface area contributed by atoms with Gasteiger partial charge in [0.1, 0.15) is 16.8 Å². The van der Waals surface area contributed by atoms with Crippen LogP contribution in [0.3, 0.4) is 0 Å². The first kappa shape index (κ1) is 29.1. The molecule has 2 aliphatic rings. The molecule has 1 unspecified atom stereocenters. The number of methoxy groups -OCH3 is 1. The third-order valence-electron chi connectivity index (χ3n) is 6.06. The molecular weight excluding hydrogens is 568 g/mol. The van der Waals surface area contributed by atoms with Gasteiger partial charge < -0.3 is 29.4 Å². The number of hydrogen-bond acceptors (Lipinski definition) is 12. The minimum absolute atomic E-state index is 0.0675. The number of fused-ring (bicyclic) bond motifs is 1. The second kappa shape index (κ2) is 12.1. The van der Waals surface area contributed by atoms with Gasteiger partial charge in [-0.15, -0.1) is 22.0 Å². The van der Waals surface area contributed by atoms with E-state index >= 15 is 0 Å². The second-order valence-electron chi connectivity index (χ2n) is 8.58. The van der Waals surface area contributed by atoms with E-state index in [4.69, 9.17) is 13.9 Å². The van der Waals surface area contributed by atoms with Crippen molar-refractivity contribution in [3.63, 3.8) is 0 Å². The summed E-state index contributed by atoms with van der Waals surface area (Å²) in [4.78, 5) is 63.5. The third kappa shape index (κ3) is 5.55. The summed E-state index contributed by atoms with van der Waals surface area (Å²) in [6.07, 6.45) is 1.94. The lowest BCUT2D eigenvalue weighted by atomic mass is 9.94. The molecule has 1 fully saturated rings. The number of nitrogens with one attached hydrogen (secondary N) is 1. The number of aliphatic carboxylic acids is 2. The number of carboxylic acid groups (broad SMARTS) is 2. The fourth-order valence-corrected chi connectivity index (χ4v) is 6.53. The second-order valence-corrected chi connectivity index (χ2v) is 10.6. The predicted octanol–water partition coefficient (Wildman–Crippen LogP) is 1.45. The number of β-lactam (4-membered cyclic amide) rings is 1. The van der Waals surface area contributed by atoms with Crippen molar-refractivity contribution in [2.24, 2.45) is 0 Å². The maximum absolute atomic E-state index is 13.3. The van der Waals surface area contributed by atoms with Gasteiger partial charge in [0.05, 0.1) is 0 Å². The fraction of sp³-hybridized carbons (Fsp3) is 0.375. The summed E-state index contributed by atoms with van der Waals surface area (Å²) >= 11 is 2.26. The topological polar surface area (TPSA) is 198 Å². The number of nitrogens with zero attached hydrogens (tertiary/aromatic N) is 3. The molecule has 14 nitrogen and oxygen atoms in total.